The summed E-state index contributed by atoms with van der Waals surface area (Å²) < 4.78 is 5.60. The molecule has 3 heterocycles. The third-order valence-corrected chi connectivity index (χ3v) is 4.92. The van der Waals surface area contributed by atoms with Crippen LogP contribution in [-0.4, -0.2) is 48.7 Å². The van der Waals surface area contributed by atoms with Crippen molar-refractivity contribution in [3.05, 3.63) is 35.5 Å². The monoisotopic (exact) mass is 353 g/mol. The molecule has 0 aliphatic carbocycles. The second kappa shape index (κ2) is 7.39. The van der Waals surface area contributed by atoms with Gasteiger partial charge in [-0.2, -0.15) is 0 Å². The Morgan fingerprint density at radius 2 is 2.15 bits per heavy atom. The van der Waals surface area contributed by atoms with Gasteiger partial charge >= 0.3 is 0 Å². The maximum atomic E-state index is 10.6. The van der Waals surface area contributed by atoms with Crippen molar-refractivity contribution >= 4 is 17.9 Å². The number of amides is 1. The van der Waals surface area contributed by atoms with Crippen molar-refractivity contribution in [2.24, 2.45) is 0 Å². The third-order valence-electron chi connectivity index (χ3n) is 4.92. The molecular weight excluding hydrogens is 330 g/mol. The minimum Gasteiger partial charge on any atom is -0.377 e. The zero-order chi connectivity index (χ0) is 17.9. The molecular formula is C19H23N5O2. The van der Waals surface area contributed by atoms with Crippen LogP contribution in [0.5, 0.6) is 0 Å². The fraction of sp³-hybridized carbons (Fsp3) is 0.421. The lowest BCUT2D eigenvalue weighted by atomic mass is 10.0. The Hall–Kier alpha value is -2.51. The molecule has 4 rings (SSSR count). The molecule has 1 amide bonds. The van der Waals surface area contributed by atoms with Crippen molar-refractivity contribution in [3.63, 3.8) is 0 Å². The number of nitrogens with zero attached hydrogens (tertiary/aromatic N) is 3. The highest BCUT2D eigenvalue weighted by molar-refractivity contribution is 5.73. The first kappa shape index (κ1) is 16.9. The van der Waals surface area contributed by atoms with E-state index >= 15 is 0 Å². The lowest BCUT2D eigenvalue weighted by Crippen LogP contribution is -2.45. The summed E-state index contributed by atoms with van der Waals surface area (Å²) >= 11 is 0. The Morgan fingerprint density at radius 3 is 2.92 bits per heavy atom. The molecule has 7 heteroatoms. The predicted octanol–water partition coefficient (Wildman–Crippen LogP) is 1.58. The lowest BCUT2D eigenvalue weighted by Gasteiger charge is -2.36. The van der Waals surface area contributed by atoms with E-state index in [0.717, 1.165) is 67.9 Å². The number of nitrogens with one attached hydrogen (secondary N) is 2. The number of morpholine rings is 1. The normalized spacial score (nSPS) is 19.7. The summed E-state index contributed by atoms with van der Waals surface area (Å²) in [5, 5.41) is 6.06. The number of ether oxygens (including phenoxy) is 1. The van der Waals surface area contributed by atoms with Gasteiger partial charge in [-0.05, 0) is 44.2 Å². The van der Waals surface area contributed by atoms with Crippen molar-refractivity contribution in [1.29, 1.82) is 0 Å². The topological polar surface area (TPSA) is 79.4 Å². The highest BCUT2D eigenvalue weighted by Crippen LogP contribution is 2.30. The fourth-order valence-corrected chi connectivity index (χ4v) is 3.53. The van der Waals surface area contributed by atoms with E-state index in [1.807, 2.05) is 24.3 Å². The largest absolute Gasteiger partial charge is 0.377 e. The lowest BCUT2D eigenvalue weighted by molar-refractivity contribution is -0.105. The molecule has 7 nitrogen and oxygen atoms in total. The highest BCUT2D eigenvalue weighted by Gasteiger charge is 2.26. The molecule has 1 aromatic carbocycles. The summed E-state index contributed by atoms with van der Waals surface area (Å²) in [4.78, 5) is 22.7. The molecule has 26 heavy (non-hydrogen) atoms. The van der Waals surface area contributed by atoms with Crippen LogP contribution >= 0.6 is 0 Å². The van der Waals surface area contributed by atoms with E-state index in [2.05, 4.69) is 22.5 Å². The minimum atomic E-state index is 0.296. The van der Waals surface area contributed by atoms with Gasteiger partial charge < -0.3 is 20.3 Å². The molecule has 2 aromatic rings. The zero-order valence-electron chi connectivity index (χ0n) is 14.9. The summed E-state index contributed by atoms with van der Waals surface area (Å²) in [7, 11) is 0. The van der Waals surface area contributed by atoms with E-state index < -0.39 is 0 Å². The van der Waals surface area contributed by atoms with E-state index in [1.54, 1.807) is 0 Å². The second-order valence-electron chi connectivity index (χ2n) is 6.68. The first-order valence-electron chi connectivity index (χ1n) is 9.02. The Morgan fingerprint density at radius 1 is 1.31 bits per heavy atom. The van der Waals surface area contributed by atoms with Crippen LogP contribution in [0, 0.1) is 0 Å². The first-order chi connectivity index (χ1) is 12.8. The average Bonchev–Trinajstić information content (AvgIpc) is 2.68. The maximum Gasteiger partial charge on any atom is 0.211 e. The van der Waals surface area contributed by atoms with Crippen molar-refractivity contribution in [3.8, 4) is 11.4 Å². The van der Waals surface area contributed by atoms with Crippen LogP contribution in [0.2, 0.25) is 0 Å². The molecule has 0 saturated carbocycles. The van der Waals surface area contributed by atoms with Crippen LogP contribution in [0.4, 0.5) is 11.5 Å². The molecule has 0 radical (unpaired) electrons. The minimum absolute atomic E-state index is 0.296. The van der Waals surface area contributed by atoms with E-state index in [4.69, 9.17) is 14.7 Å². The second-order valence-corrected chi connectivity index (χ2v) is 6.68. The molecule has 2 aliphatic heterocycles. The Bertz CT molecular complexity index is 793. The average molecular weight is 353 g/mol. The van der Waals surface area contributed by atoms with Crippen LogP contribution in [0.25, 0.3) is 11.4 Å². The van der Waals surface area contributed by atoms with Crippen molar-refractivity contribution in [2.75, 3.05) is 36.5 Å². The van der Waals surface area contributed by atoms with Gasteiger partial charge in [0.25, 0.3) is 0 Å². The predicted molar refractivity (Wildman–Crippen MR) is 100 cm³/mol. The maximum absolute atomic E-state index is 10.6. The van der Waals surface area contributed by atoms with E-state index in [0.29, 0.717) is 12.5 Å². The van der Waals surface area contributed by atoms with Crippen LogP contribution in [0.15, 0.2) is 24.3 Å². The molecule has 2 aliphatic rings. The van der Waals surface area contributed by atoms with Gasteiger partial charge in [-0.25, -0.2) is 9.97 Å². The van der Waals surface area contributed by atoms with Gasteiger partial charge in [0.05, 0.1) is 24.9 Å². The highest BCUT2D eigenvalue weighted by atomic mass is 16.5. The number of anilines is 2. The van der Waals surface area contributed by atoms with Crippen molar-refractivity contribution in [2.45, 2.75) is 25.9 Å². The van der Waals surface area contributed by atoms with Gasteiger partial charge in [0, 0.05) is 29.9 Å². The summed E-state index contributed by atoms with van der Waals surface area (Å²) in [6.07, 6.45) is 1.62. The summed E-state index contributed by atoms with van der Waals surface area (Å²) in [5.41, 5.74) is 4.02. The molecule has 136 valence electrons. The van der Waals surface area contributed by atoms with Crippen molar-refractivity contribution in [1.82, 2.24) is 15.3 Å². The van der Waals surface area contributed by atoms with Crippen LogP contribution in [0.1, 0.15) is 18.2 Å². The molecule has 2 N–H and O–H groups in total. The van der Waals surface area contributed by atoms with Gasteiger partial charge in [-0.15, -0.1) is 0 Å². The number of hydrogen-bond donors (Lipinski definition) is 2. The van der Waals surface area contributed by atoms with E-state index in [9.17, 15) is 4.79 Å². The Kier molecular flexibility index (Phi) is 4.81. The molecule has 1 atom stereocenters. The molecule has 1 unspecified atom stereocenters. The van der Waals surface area contributed by atoms with Gasteiger partial charge in [0.15, 0.2) is 5.82 Å². The molecule has 1 saturated heterocycles. The van der Waals surface area contributed by atoms with Crippen LogP contribution in [-0.2, 0) is 22.5 Å². The number of benzene rings is 1. The summed E-state index contributed by atoms with van der Waals surface area (Å²) in [5.74, 6) is 1.76. The zero-order valence-corrected chi connectivity index (χ0v) is 14.9. The van der Waals surface area contributed by atoms with Crippen LogP contribution < -0.4 is 15.5 Å². The SMILES string of the molecule is CC1COCCN1c1nc(-c2ccc(NC=O)cc2)nc2c1CCNC2. The Balaban J connectivity index is 1.75. The number of rotatable bonds is 4. The summed E-state index contributed by atoms with van der Waals surface area (Å²) in [6, 6.07) is 7.90. The molecule has 1 aromatic heterocycles. The molecule has 1 fully saturated rings. The van der Waals surface area contributed by atoms with Gasteiger partial charge in [-0.1, -0.05) is 0 Å². The molecule has 0 bridgehead atoms. The van der Waals surface area contributed by atoms with Gasteiger partial charge in [0.2, 0.25) is 6.41 Å². The number of fused-ring (bicyclic) bond motifs is 1. The van der Waals surface area contributed by atoms with E-state index in [-0.39, 0.29) is 0 Å². The standard InChI is InChI=1S/C19H23N5O2/c1-13-11-26-9-8-24(13)19-16-6-7-20-10-17(16)22-18(23-19)14-2-4-15(5-3-14)21-12-25/h2-5,12-13,20H,6-11H2,1H3,(H,21,25). The first-order valence-corrected chi connectivity index (χ1v) is 9.02. The van der Waals surface area contributed by atoms with Gasteiger partial charge in [-0.3, -0.25) is 4.79 Å². The summed E-state index contributed by atoms with van der Waals surface area (Å²) in [6.45, 7) is 6.18. The number of aromatic nitrogens is 2. The van der Waals surface area contributed by atoms with Gasteiger partial charge in [0.1, 0.15) is 5.82 Å². The third kappa shape index (κ3) is 3.27. The van der Waals surface area contributed by atoms with Crippen molar-refractivity contribution < 1.29 is 9.53 Å². The number of carbonyl (C=O) groups excluding carboxylic acids is 1. The Labute approximate surface area is 152 Å². The number of hydrogen-bond acceptors (Lipinski definition) is 6. The fourth-order valence-electron chi connectivity index (χ4n) is 3.53. The molecule has 0 spiro atoms. The smallest absolute Gasteiger partial charge is 0.211 e. The van der Waals surface area contributed by atoms with Crippen LogP contribution in [0.3, 0.4) is 0 Å². The quantitative estimate of drug-likeness (QED) is 0.813. The number of carbonyl (C=O) groups is 1. The van der Waals surface area contributed by atoms with E-state index in [1.165, 1.54) is 5.56 Å².